The molecular formula is C25H25N5O5. The lowest BCUT2D eigenvalue weighted by molar-refractivity contribution is -0.125. The molecule has 3 aromatic rings. The number of carbonyl (C=O) groups is 3. The first kappa shape index (κ1) is 21.5. The second-order valence-electron chi connectivity index (χ2n) is 9.35. The van der Waals surface area contributed by atoms with Crippen LogP contribution in [-0.2, 0) is 16.9 Å². The maximum absolute atomic E-state index is 13.2. The number of urea groups is 1. The maximum atomic E-state index is 13.2. The second kappa shape index (κ2) is 7.72. The fourth-order valence-corrected chi connectivity index (χ4v) is 5.29. The van der Waals surface area contributed by atoms with Gasteiger partial charge in [-0.25, -0.2) is 9.78 Å². The van der Waals surface area contributed by atoms with Crippen molar-refractivity contribution in [3.63, 3.8) is 0 Å². The van der Waals surface area contributed by atoms with Crippen LogP contribution >= 0.6 is 0 Å². The van der Waals surface area contributed by atoms with Crippen LogP contribution in [0.15, 0.2) is 40.8 Å². The van der Waals surface area contributed by atoms with Gasteiger partial charge in [0.1, 0.15) is 22.8 Å². The van der Waals surface area contributed by atoms with E-state index >= 15 is 0 Å². The van der Waals surface area contributed by atoms with Crippen molar-refractivity contribution < 1.29 is 23.5 Å². The summed E-state index contributed by atoms with van der Waals surface area (Å²) in [5, 5.41) is 5.02. The summed E-state index contributed by atoms with van der Waals surface area (Å²) >= 11 is 0. The zero-order valence-electron chi connectivity index (χ0n) is 19.5. The van der Waals surface area contributed by atoms with Crippen LogP contribution in [0.4, 0.5) is 10.6 Å². The van der Waals surface area contributed by atoms with E-state index in [1.54, 1.807) is 18.2 Å². The fourth-order valence-electron chi connectivity index (χ4n) is 5.29. The van der Waals surface area contributed by atoms with Crippen molar-refractivity contribution in [2.75, 3.05) is 25.1 Å². The monoisotopic (exact) mass is 475 g/mol. The Morgan fingerprint density at radius 2 is 2.06 bits per heavy atom. The smallest absolute Gasteiger partial charge is 0.322 e. The van der Waals surface area contributed by atoms with Gasteiger partial charge >= 0.3 is 6.03 Å². The number of fused-ring (bicyclic) bond motifs is 2. The summed E-state index contributed by atoms with van der Waals surface area (Å²) in [7, 11) is 1.54. The van der Waals surface area contributed by atoms with Gasteiger partial charge in [-0.3, -0.25) is 14.9 Å². The zero-order chi connectivity index (χ0) is 24.3. The van der Waals surface area contributed by atoms with Crippen molar-refractivity contribution in [2.24, 2.45) is 0 Å². The largest absolute Gasteiger partial charge is 0.497 e. The number of benzene rings is 1. The molecule has 3 aliphatic heterocycles. The molecule has 0 saturated carbocycles. The van der Waals surface area contributed by atoms with Gasteiger partial charge in [0, 0.05) is 30.8 Å². The predicted octanol–water partition coefficient (Wildman–Crippen LogP) is 2.52. The van der Waals surface area contributed by atoms with E-state index < -0.39 is 17.5 Å². The quantitative estimate of drug-likeness (QED) is 0.545. The van der Waals surface area contributed by atoms with E-state index in [1.165, 1.54) is 12.0 Å². The van der Waals surface area contributed by atoms with Crippen LogP contribution in [0.5, 0.6) is 5.75 Å². The van der Waals surface area contributed by atoms with E-state index in [1.807, 2.05) is 18.2 Å². The van der Waals surface area contributed by atoms with E-state index in [2.05, 4.69) is 22.5 Å². The first-order valence-electron chi connectivity index (χ1n) is 11.7. The third kappa shape index (κ3) is 3.31. The highest BCUT2D eigenvalue weighted by Crippen LogP contribution is 2.35. The molecule has 2 aromatic heterocycles. The van der Waals surface area contributed by atoms with Gasteiger partial charge in [-0.05, 0) is 49.6 Å². The van der Waals surface area contributed by atoms with Crippen LogP contribution in [-0.4, -0.2) is 54.0 Å². The molecular weight excluding hydrogens is 450 g/mol. The summed E-state index contributed by atoms with van der Waals surface area (Å²) < 4.78 is 11.3. The molecule has 0 radical (unpaired) electrons. The number of ether oxygens (including phenoxy) is 1. The molecule has 6 rings (SSSR count). The van der Waals surface area contributed by atoms with Crippen LogP contribution < -0.4 is 20.3 Å². The summed E-state index contributed by atoms with van der Waals surface area (Å²) in [4.78, 5) is 47.1. The van der Waals surface area contributed by atoms with Crippen molar-refractivity contribution >= 4 is 34.8 Å². The molecule has 2 fully saturated rings. The predicted molar refractivity (Wildman–Crippen MR) is 126 cm³/mol. The molecule has 0 bridgehead atoms. The minimum Gasteiger partial charge on any atom is -0.497 e. The number of carbonyl (C=O) groups excluding carboxylic acids is 3. The normalized spacial score (nSPS) is 23.7. The van der Waals surface area contributed by atoms with Gasteiger partial charge in [0.2, 0.25) is 0 Å². The van der Waals surface area contributed by atoms with E-state index in [0.29, 0.717) is 35.0 Å². The number of imide groups is 1. The second-order valence-corrected chi connectivity index (χ2v) is 9.35. The lowest BCUT2D eigenvalue weighted by Gasteiger charge is -2.28. The van der Waals surface area contributed by atoms with Crippen LogP contribution in [0.25, 0.3) is 11.1 Å². The third-order valence-corrected chi connectivity index (χ3v) is 7.19. The van der Waals surface area contributed by atoms with Gasteiger partial charge in [-0.2, -0.15) is 0 Å². The number of anilines is 1. The number of nitrogens with zero attached hydrogens (tertiary/aromatic N) is 3. The molecule has 10 heteroatoms. The van der Waals surface area contributed by atoms with Crippen LogP contribution in [0.1, 0.15) is 41.4 Å². The van der Waals surface area contributed by atoms with Gasteiger partial charge < -0.3 is 24.3 Å². The molecule has 35 heavy (non-hydrogen) atoms. The Labute approximate surface area is 201 Å². The average Bonchev–Trinajstić information content (AvgIpc) is 3.60. The third-order valence-electron chi connectivity index (χ3n) is 7.19. The van der Waals surface area contributed by atoms with E-state index in [-0.39, 0.29) is 18.2 Å². The molecule has 2 saturated heterocycles. The molecule has 0 spiro atoms. The first-order valence-corrected chi connectivity index (χ1v) is 11.7. The number of methoxy groups -OCH3 is 1. The van der Waals surface area contributed by atoms with E-state index in [0.717, 1.165) is 30.8 Å². The summed E-state index contributed by atoms with van der Waals surface area (Å²) in [5.74, 6) is 0.842. The van der Waals surface area contributed by atoms with E-state index in [9.17, 15) is 14.4 Å². The Morgan fingerprint density at radius 3 is 2.77 bits per heavy atom. The van der Waals surface area contributed by atoms with E-state index in [4.69, 9.17) is 14.1 Å². The van der Waals surface area contributed by atoms with Crippen LogP contribution in [0.2, 0.25) is 0 Å². The van der Waals surface area contributed by atoms with Crippen LogP contribution in [0.3, 0.4) is 0 Å². The Morgan fingerprint density at radius 1 is 1.20 bits per heavy atom. The fraction of sp³-hybridized carbons (Fsp3) is 0.360. The number of pyridine rings is 1. The number of hydrogen-bond donors (Lipinski definition) is 2. The topological polar surface area (TPSA) is 117 Å². The molecule has 2 N–H and O–H groups in total. The van der Waals surface area contributed by atoms with Crippen molar-refractivity contribution in [2.45, 2.75) is 37.9 Å². The Kier molecular flexibility index (Phi) is 4.73. The number of amides is 4. The molecule has 4 amide bonds. The highest BCUT2D eigenvalue weighted by Gasteiger charge is 2.53. The molecule has 2 atom stereocenters. The molecule has 0 aliphatic carbocycles. The summed E-state index contributed by atoms with van der Waals surface area (Å²) in [5.41, 5.74) is 0.863. The highest BCUT2D eigenvalue weighted by atomic mass is 16.5. The maximum Gasteiger partial charge on any atom is 0.322 e. The Balaban J connectivity index is 1.36. The minimum atomic E-state index is -1.57. The minimum absolute atomic E-state index is 0.0871. The molecule has 5 heterocycles. The number of nitrogens with one attached hydrogen (secondary N) is 2. The SMILES string of the molecule is COc1ccc2c(c1)C(=O)N(CC1(c3cc4nc(N5CCCC5C)ccc4o3)NC(=O)NC1=O)C2. The van der Waals surface area contributed by atoms with Gasteiger partial charge in [-0.1, -0.05) is 6.07 Å². The lowest BCUT2D eigenvalue weighted by Crippen LogP contribution is -2.52. The Bertz CT molecular complexity index is 1380. The summed E-state index contributed by atoms with van der Waals surface area (Å²) in [6.45, 7) is 3.33. The number of aromatic nitrogens is 1. The highest BCUT2D eigenvalue weighted by molar-refractivity contribution is 6.08. The Hall–Kier alpha value is -4.08. The number of furan rings is 1. The van der Waals surface area contributed by atoms with Gasteiger partial charge in [0.25, 0.3) is 11.8 Å². The lowest BCUT2D eigenvalue weighted by atomic mass is 9.95. The van der Waals surface area contributed by atoms with Crippen LogP contribution in [0, 0.1) is 0 Å². The first-order chi connectivity index (χ1) is 16.9. The van der Waals surface area contributed by atoms with Crippen molar-refractivity contribution in [1.82, 2.24) is 20.5 Å². The van der Waals surface area contributed by atoms with Gasteiger partial charge in [-0.15, -0.1) is 0 Å². The molecule has 180 valence electrons. The average molecular weight is 476 g/mol. The van der Waals surface area contributed by atoms with Crippen molar-refractivity contribution in [1.29, 1.82) is 0 Å². The summed E-state index contributed by atoms with van der Waals surface area (Å²) in [6.07, 6.45) is 2.23. The molecule has 2 unspecified atom stereocenters. The zero-order valence-corrected chi connectivity index (χ0v) is 19.5. The molecule has 3 aliphatic rings. The number of hydrogen-bond acceptors (Lipinski definition) is 7. The molecule has 1 aromatic carbocycles. The summed E-state index contributed by atoms with van der Waals surface area (Å²) in [6, 6.07) is 10.5. The number of rotatable bonds is 5. The van der Waals surface area contributed by atoms with Crippen molar-refractivity contribution in [3.05, 3.63) is 53.3 Å². The van der Waals surface area contributed by atoms with Gasteiger partial charge in [0.15, 0.2) is 11.1 Å². The molecule has 10 nitrogen and oxygen atoms in total. The standard InChI is InChI=1S/C25H25N5O5/c1-14-4-3-9-30(14)21-8-7-19-18(26-21)11-20(35-19)25(23(32)27-24(33)28-25)13-29-12-15-5-6-16(34-2)10-17(15)22(29)31/h5-8,10-11,14H,3-4,9,12-13H2,1-2H3,(H2,27,28,32,33). The van der Waals surface area contributed by atoms with Gasteiger partial charge in [0.05, 0.1) is 13.7 Å². The van der Waals surface area contributed by atoms with Crippen molar-refractivity contribution in [3.8, 4) is 5.75 Å².